The molecule has 0 saturated carbocycles. The van der Waals surface area contributed by atoms with E-state index in [1.807, 2.05) is 60.7 Å². The van der Waals surface area contributed by atoms with E-state index in [9.17, 15) is 9.59 Å². The van der Waals surface area contributed by atoms with Gasteiger partial charge in [0.1, 0.15) is 0 Å². The Bertz CT molecular complexity index is 754. The van der Waals surface area contributed by atoms with Crippen molar-refractivity contribution in [3.63, 3.8) is 0 Å². The molecule has 0 saturated heterocycles. The van der Waals surface area contributed by atoms with Crippen LogP contribution in [0.15, 0.2) is 71.9 Å². The number of allylic oxidation sites excluding steroid dienone is 1. The van der Waals surface area contributed by atoms with Crippen LogP contribution in [0, 0.1) is 0 Å². The summed E-state index contributed by atoms with van der Waals surface area (Å²) in [5, 5.41) is 8.34. The molecule has 1 atom stereocenters. The van der Waals surface area contributed by atoms with Gasteiger partial charge in [0.25, 0.3) is 5.91 Å². The van der Waals surface area contributed by atoms with Gasteiger partial charge >= 0.3 is 6.03 Å². The highest BCUT2D eigenvalue weighted by Crippen LogP contribution is 2.27. The zero-order chi connectivity index (χ0) is 16.2. The van der Waals surface area contributed by atoms with E-state index < -0.39 is 6.04 Å². The number of para-hydroxylation sites is 1. The highest BCUT2D eigenvalue weighted by Gasteiger charge is 2.30. The van der Waals surface area contributed by atoms with Crippen LogP contribution in [0.1, 0.15) is 18.5 Å². The topological polar surface area (TPSA) is 70.2 Å². The number of anilines is 1. The van der Waals surface area contributed by atoms with Crippen LogP contribution in [0.3, 0.4) is 0 Å². The minimum Gasteiger partial charge on any atom is -0.327 e. The minimum atomic E-state index is -0.478. The normalized spacial score (nSPS) is 17.3. The van der Waals surface area contributed by atoms with E-state index in [1.54, 1.807) is 6.92 Å². The number of amides is 3. The largest absolute Gasteiger partial charge is 0.327 e. The molecule has 1 aliphatic rings. The van der Waals surface area contributed by atoms with Crippen molar-refractivity contribution in [3.8, 4) is 0 Å². The Morgan fingerprint density at radius 2 is 1.61 bits per heavy atom. The first-order valence-electron chi connectivity index (χ1n) is 7.35. The van der Waals surface area contributed by atoms with Gasteiger partial charge in [0.2, 0.25) is 0 Å². The molecule has 1 unspecified atom stereocenters. The van der Waals surface area contributed by atoms with Gasteiger partial charge < -0.3 is 16.0 Å². The fourth-order valence-electron chi connectivity index (χ4n) is 2.61. The SMILES string of the molecule is CC1=C(C(=O)Nc2ccccc2)C(c2ccccc2)NC(=O)N1. The van der Waals surface area contributed by atoms with E-state index in [1.165, 1.54) is 0 Å². The number of benzene rings is 2. The predicted octanol–water partition coefficient (Wildman–Crippen LogP) is 2.95. The monoisotopic (exact) mass is 307 g/mol. The Morgan fingerprint density at radius 1 is 1.00 bits per heavy atom. The van der Waals surface area contributed by atoms with E-state index in [0.717, 1.165) is 5.56 Å². The molecule has 23 heavy (non-hydrogen) atoms. The Balaban J connectivity index is 1.94. The van der Waals surface area contributed by atoms with Crippen LogP contribution in [0.2, 0.25) is 0 Å². The van der Waals surface area contributed by atoms with Crippen LogP contribution in [0.4, 0.5) is 10.5 Å². The van der Waals surface area contributed by atoms with Crippen molar-refractivity contribution in [1.82, 2.24) is 10.6 Å². The van der Waals surface area contributed by atoms with Crippen molar-refractivity contribution in [2.24, 2.45) is 0 Å². The van der Waals surface area contributed by atoms with Gasteiger partial charge in [-0.05, 0) is 24.6 Å². The molecule has 3 N–H and O–H groups in total. The van der Waals surface area contributed by atoms with Gasteiger partial charge in [-0.1, -0.05) is 48.5 Å². The summed E-state index contributed by atoms with van der Waals surface area (Å²) in [7, 11) is 0. The molecular formula is C18H17N3O2. The fourth-order valence-corrected chi connectivity index (χ4v) is 2.61. The van der Waals surface area contributed by atoms with Gasteiger partial charge in [-0.3, -0.25) is 4.79 Å². The number of carbonyl (C=O) groups excluding carboxylic acids is 2. The molecule has 0 spiro atoms. The first kappa shape index (κ1) is 14.8. The third-order valence-corrected chi connectivity index (χ3v) is 3.68. The Labute approximate surface area is 134 Å². The summed E-state index contributed by atoms with van der Waals surface area (Å²) in [6, 6.07) is 17.9. The third kappa shape index (κ3) is 3.23. The van der Waals surface area contributed by atoms with Crippen LogP contribution < -0.4 is 16.0 Å². The van der Waals surface area contributed by atoms with Crippen molar-refractivity contribution < 1.29 is 9.59 Å². The standard InChI is InChI=1S/C18H17N3O2/c1-12-15(17(22)20-14-10-6-3-7-11-14)16(21-18(23)19-12)13-8-4-2-5-9-13/h2-11,16H,1H3,(H,20,22)(H2,19,21,23). The number of nitrogens with one attached hydrogen (secondary N) is 3. The van der Waals surface area contributed by atoms with Gasteiger partial charge in [0.15, 0.2) is 0 Å². The van der Waals surface area contributed by atoms with E-state index >= 15 is 0 Å². The van der Waals surface area contributed by atoms with Crippen molar-refractivity contribution in [2.45, 2.75) is 13.0 Å². The molecule has 0 aliphatic carbocycles. The van der Waals surface area contributed by atoms with E-state index in [-0.39, 0.29) is 11.9 Å². The van der Waals surface area contributed by atoms with Crippen LogP contribution in [0.5, 0.6) is 0 Å². The molecule has 3 amide bonds. The molecule has 0 aromatic heterocycles. The van der Waals surface area contributed by atoms with Gasteiger partial charge in [0.05, 0.1) is 11.6 Å². The first-order chi connectivity index (χ1) is 11.1. The van der Waals surface area contributed by atoms with E-state index in [0.29, 0.717) is 17.0 Å². The van der Waals surface area contributed by atoms with Crippen molar-refractivity contribution in [1.29, 1.82) is 0 Å². The maximum absolute atomic E-state index is 12.7. The minimum absolute atomic E-state index is 0.241. The molecule has 0 bridgehead atoms. The van der Waals surface area contributed by atoms with Crippen LogP contribution in [-0.2, 0) is 4.79 Å². The molecule has 0 fully saturated rings. The number of hydrogen-bond donors (Lipinski definition) is 3. The summed E-state index contributed by atoms with van der Waals surface area (Å²) < 4.78 is 0. The molecule has 2 aromatic carbocycles. The van der Waals surface area contributed by atoms with Crippen LogP contribution in [0.25, 0.3) is 0 Å². The summed E-state index contributed by atoms with van der Waals surface area (Å²) in [6.07, 6.45) is 0. The smallest absolute Gasteiger partial charge is 0.319 e. The summed E-state index contributed by atoms with van der Waals surface area (Å²) in [4.78, 5) is 24.5. The predicted molar refractivity (Wildman–Crippen MR) is 88.6 cm³/mol. The number of hydrogen-bond acceptors (Lipinski definition) is 2. The molecular weight excluding hydrogens is 290 g/mol. The second-order valence-corrected chi connectivity index (χ2v) is 5.30. The first-order valence-corrected chi connectivity index (χ1v) is 7.35. The summed E-state index contributed by atoms with van der Waals surface area (Å²) in [5.41, 5.74) is 2.62. The second kappa shape index (κ2) is 6.36. The summed E-state index contributed by atoms with van der Waals surface area (Å²) >= 11 is 0. The van der Waals surface area contributed by atoms with Crippen LogP contribution >= 0.6 is 0 Å². The number of carbonyl (C=O) groups is 2. The Hall–Kier alpha value is -3.08. The lowest BCUT2D eigenvalue weighted by Crippen LogP contribution is -2.45. The van der Waals surface area contributed by atoms with Gasteiger partial charge in [0, 0.05) is 11.4 Å². The molecule has 3 rings (SSSR count). The lowest BCUT2D eigenvalue weighted by atomic mass is 9.95. The lowest BCUT2D eigenvalue weighted by Gasteiger charge is -2.28. The lowest BCUT2D eigenvalue weighted by molar-refractivity contribution is -0.113. The zero-order valence-electron chi connectivity index (χ0n) is 12.7. The molecule has 0 radical (unpaired) electrons. The van der Waals surface area contributed by atoms with Gasteiger partial charge in [-0.25, -0.2) is 4.79 Å². The van der Waals surface area contributed by atoms with Crippen molar-refractivity contribution in [3.05, 3.63) is 77.5 Å². The van der Waals surface area contributed by atoms with E-state index in [2.05, 4.69) is 16.0 Å². The quantitative estimate of drug-likeness (QED) is 0.816. The maximum atomic E-state index is 12.7. The summed E-state index contributed by atoms with van der Waals surface area (Å²) in [5.74, 6) is -0.241. The molecule has 1 heterocycles. The molecule has 116 valence electrons. The number of urea groups is 1. The van der Waals surface area contributed by atoms with Gasteiger partial charge in [-0.15, -0.1) is 0 Å². The molecule has 1 aliphatic heterocycles. The molecule has 5 heteroatoms. The summed E-state index contributed by atoms with van der Waals surface area (Å²) in [6.45, 7) is 1.73. The van der Waals surface area contributed by atoms with E-state index in [4.69, 9.17) is 0 Å². The molecule has 5 nitrogen and oxygen atoms in total. The third-order valence-electron chi connectivity index (χ3n) is 3.68. The Morgan fingerprint density at radius 3 is 2.26 bits per heavy atom. The number of rotatable bonds is 3. The van der Waals surface area contributed by atoms with Crippen molar-refractivity contribution in [2.75, 3.05) is 5.32 Å². The fraction of sp³-hybridized carbons (Fsp3) is 0.111. The maximum Gasteiger partial charge on any atom is 0.319 e. The average molecular weight is 307 g/mol. The van der Waals surface area contributed by atoms with Crippen LogP contribution in [-0.4, -0.2) is 11.9 Å². The van der Waals surface area contributed by atoms with Crippen molar-refractivity contribution >= 4 is 17.6 Å². The molecule has 2 aromatic rings. The second-order valence-electron chi connectivity index (χ2n) is 5.30. The zero-order valence-corrected chi connectivity index (χ0v) is 12.7. The Kier molecular flexibility index (Phi) is 4.10. The highest BCUT2D eigenvalue weighted by atomic mass is 16.2. The average Bonchev–Trinajstić information content (AvgIpc) is 2.55. The van der Waals surface area contributed by atoms with Gasteiger partial charge in [-0.2, -0.15) is 0 Å². The highest BCUT2D eigenvalue weighted by molar-refractivity contribution is 6.06.